The predicted molar refractivity (Wildman–Crippen MR) is 257 cm³/mol. The maximum absolute atomic E-state index is 12.4. The van der Waals surface area contributed by atoms with Gasteiger partial charge in [-0.1, -0.05) is 173 Å². The minimum Gasteiger partial charge on any atom is -0.507 e. The van der Waals surface area contributed by atoms with Crippen LogP contribution in [-0.4, -0.2) is 19.6 Å². The molecule has 4 nitrogen and oxygen atoms in total. The summed E-state index contributed by atoms with van der Waals surface area (Å²) in [6.45, 7) is 24.5. The number of benzene rings is 6. The van der Waals surface area contributed by atoms with Crippen LogP contribution in [0.15, 0.2) is 152 Å². The van der Waals surface area contributed by atoms with Crippen molar-refractivity contribution in [2.24, 2.45) is 0 Å². The molecule has 0 saturated carbocycles. The second-order valence-corrected chi connectivity index (χ2v) is 20.2. The molecule has 0 spiro atoms. The van der Waals surface area contributed by atoms with Crippen molar-refractivity contribution in [3.8, 4) is 56.3 Å². The van der Waals surface area contributed by atoms with E-state index in [1.54, 1.807) is 0 Å². The highest BCUT2D eigenvalue weighted by molar-refractivity contribution is 5.97. The van der Waals surface area contributed by atoms with E-state index >= 15 is 0 Å². The molecule has 0 atom stereocenters. The first-order valence-electron chi connectivity index (χ1n) is 21.5. The summed E-state index contributed by atoms with van der Waals surface area (Å²) in [5.41, 5.74) is 14.8. The van der Waals surface area contributed by atoms with Crippen LogP contribution in [0.4, 0.5) is 0 Å². The minimum absolute atomic E-state index is 0.127. The number of nitrogens with zero attached hydrogens (tertiary/aromatic N) is 3. The van der Waals surface area contributed by atoms with Crippen LogP contribution in [0, 0.1) is 0 Å². The quantitative estimate of drug-likeness (QED) is 0.175. The molecule has 4 heteroatoms. The zero-order valence-electron chi connectivity index (χ0n) is 37.7. The second-order valence-electron chi connectivity index (χ2n) is 20.2. The van der Waals surface area contributed by atoms with E-state index in [4.69, 9.17) is 9.97 Å². The van der Waals surface area contributed by atoms with Crippen molar-refractivity contribution < 1.29 is 5.11 Å². The van der Waals surface area contributed by atoms with Gasteiger partial charge in [0.25, 0.3) is 0 Å². The second kappa shape index (κ2) is 15.3. The molecule has 61 heavy (non-hydrogen) atoms. The lowest BCUT2D eigenvalue weighted by Crippen LogP contribution is -2.18. The Hall–Kier alpha value is -6.26. The molecule has 1 N–H and O–H groups in total. The molecule has 0 aliphatic heterocycles. The molecule has 0 radical (unpaired) electrons. The Morgan fingerprint density at radius 1 is 0.459 bits per heavy atom. The number of phenols is 1. The van der Waals surface area contributed by atoms with Crippen LogP contribution in [0.1, 0.15) is 104 Å². The van der Waals surface area contributed by atoms with Crippen molar-refractivity contribution in [1.29, 1.82) is 0 Å². The first-order valence-corrected chi connectivity index (χ1v) is 21.5. The molecule has 308 valence electrons. The highest BCUT2D eigenvalue weighted by atomic mass is 16.3. The van der Waals surface area contributed by atoms with E-state index in [0.717, 1.165) is 66.9 Å². The van der Waals surface area contributed by atoms with E-state index in [9.17, 15) is 5.11 Å². The van der Waals surface area contributed by atoms with Crippen LogP contribution in [0.5, 0.6) is 5.75 Å². The van der Waals surface area contributed by atoms with E-state index in [0.29, 0.717) is 5.82 Å². The van der Waals surface area contributed by atoms with Gasteiger partial charge in [0, 0.05) is 34.0 Å². The lowest BCUT2D eigenvalue weighted by molar-refractivity contribution is 0.446. The Balaban J connectivity index is 1.38. The number of hydrogen-bond donors (Lipinski definition) is 1. The Labute approximate surface area is 363 Å². The van der Waals surface area contributed by atoms with Gasteiger partial charge < -0.3 is 5.11 Å². The number of aromatic nitrogens is 3. The van der Waals surface area contributed by atoms with Crippen molar-refractivity contribution in [2.75, 3.05) is 0 Å². The zero-order valence-corrected chi connectivity index (χ0v) is 37.7. The van der Waals surface area contributed by atoms with Gasteiger partial charge in [-0.05, 0) is 104 Å². The molecular weight excluding hydrogens is 743 g/mol. The average molecular weight is 802 g/mol. The van der Waals surface area contributed by atoms with E-state index in [2.05, 4.69) is 220 Å². The summed E-state index contributed by atoms with van der Waals surface area (Å²) in [6, 6.07) is 52.0. The van der Waals surface area contributed by atoms with Gasteiger partial charge in [-0.2, -0.15) is 0 Å². The van der Waals surface area contributed by atoms with Crippen molar-refractivity contribution in [3.05, 3.63) is 180 Å². The zero-order chi connectivity index (χ0) is 43.5. The number of pyridine rings is 1. The van der Waals surface area contributed by atoms with Gasteiger partial charge in [-0.25, -0.2) is 4.98 Å². The molecule has 8 rings (SSSR count). The number of rotatable bonds is 7. The molecule has 2 aromatic heterocycles. The number of phenolic OH excluding ortho intramolecular Hbond substituents is 1. The number of fused-ring (bicyclic) bond motifs is 1. The molecule has 0 bridgehead atoms. The lowest BCUT2D eigenvalue weighted by Gasteiger charge is -2.28. The summed E-state index contributed by atoms with van der Waals surface area (Å²) in [4.78, 5) is 10.5. The molecule has 0 amide bonds. The van der Waals surface area contributed by atoms with Gasteiger partial charge in [0.2, 0.25) is 0 Å². The minimum atomic E-state index is -0.303. The molecule has 8 aromatic rings. The van der Waals surface area contributed by atoms with Crippen molar-refractivity contribution in [3.63, 3.8) is 0 Å². The molecule has 2 heterocycles. The number of imidazole rings is 1. The summed E-state index contributed by atoms with van der Waals surface area (Å²) in [5.74, 6) is 0.970. The Morgan fingerprint density at radius 2 is 1.07 bits per heavy atom. The lowest BCUT2D eigenvalue weighted by atomic mass is 9.78. The largest absolute Gasteiger partial charge is 0.507 e. The van der Waals surface area contributed by atoms with E-state index in [1.165, 1.54) is 16.7 Å². The standard InChI is InChI=1S/C57H59N3O/c1-54(2,3)43-32-39(31-40(33-43)49-34-38(29-30-58-49)37-19-14-12-15-20-37)46-23-18-24-50-51(46)59-53(47-35-44(55(4,5)6)36-48(52(47)61)56(7,8)9)60(50)45-27-25-42(26-28-45)57(10,11)41-21-16-13-17-22-41/h12-36,61H,1-11H3. The molecular formula is C57H59N3O. The maximum Gasteiger partial charge on any atom is 0.149 e. The first-order chi connectivity index (χ1) is 28.8. The fourth-order valence-corrected chi connectivity index (χ4v) is 8.40. The monoisotopic (exact) mass is 801 g/mol. The molecule has 0 fully saturated rings. The summed E-state index contributed by atoms with van der Waals surface area (Å²) in [6.07, 6.45) is 1.91. The molecule has 0 aliphatic carbocycles. The van der Waals surface area contributed by atoms with Crippen LogP contribution in [0.25, 0.3) is 61.6 Å². The van der Waals surface area contributed by atoms with Crippen LogP contribution in [-0.2, 0) is 21.7 Å². The van der Waals surface area contributed by atoms with Gasteiger partial charge in [0.1, 0.15) is 11.6 Å². The van der Waals surface area contributed by atoms with Crippen molar-refractivity contribution in [1.82, 2.24) is 14.5 Å². The fourth-order valence-electron chi connectivity index (χ4n) is 8.40. The van der Waals surface area contributed by atoms with Crippen LogP contribution in [0.3, 0.4) is 0 Å². The summed E-state index contributed by atoms with van der Waals surface area (Å²) >= 11 is 0. The van der Waals surface area contributed by atoms with Crippen molar-refractivity contribution in [2.45, 2.75) is 97.8 Å². The average Bonchev–Trinajstić information content (AvgIpc) is 3.63. The van der Waals surface area contributed by atoms with Gasteiger partial charge in [-0.15, -0.1) is 0 Å². The number of aromatic hydroxyl groups is 1. The third kappa shape index (κ3) is 8.04. The van der Waals surface area contributed by atoms with Gasteiger partial charge >= 0.3 is 0 Å². The van der Waals surface area contributed by atoms with Crippen LogP contribution in [0.2, 0.25) is 0 Å². The summed E-state index contributed by atoms with van der Waals surface area (Å²) in [7, 11) is 0. The van der Waals surface area contributed by atoms with Gasteiger partial charge in [0.05, 0.1) is 22.3 Å². The third-order valence-corrected chi connectivity index (χ3v) is 12.3. The SMILES string of the molecule is CC(C)(C)c1cc(-c2cc(-c3ccccc3)ccn2)cc(-c2cccc3c2nc(-c2cc(C(C)(C)C)cc(C(C)(C)C)c2O)n3-c2ccc(C(C)(C)c3ccccc3)cc2)c1. The highest BCUT2D eigenvalue weighted by Gasteiger charge is 2.30. The molecule has 6 aromatic carbocycles. The normalized spacial score (nSPS) is 12.6. The molecule has 0 aliphatic rings. The van der Waals surface area contributed by atoms with Gasteiger partial charge in [0.15, 0.2) is 0 Å². The summed E-state index contributed by atoms with van der Waals surface area (Å²) in [5, 5.41) is 12.4. The van der Waals surface area contributed by atoms with Gasteiger partial charge in [-0.3, -0.25) is 9.55 Å². The van der Waals surface area contributed by atoms with E-state index in [1.807, 2.05) is 12.3 Å². The Morgan fingerprint density at radius 3 is 1.70 bits per heavy atom. The molecule has 0 unspecified atom stereocenters. The first kappa shape index (κ1) is 41.5. The third-order valence-electron chi connectivity index (χ3n) is 12.3. The fraction of sp³-hybridized carbons (Fsp3) is 0.263. The summed E-state index contributed by atoms with van der Waals surface area (Å²) < 4.78 is 2.24. The number of hydrogen-bond acceptors (Lipinski definition) is 3. The maximum atomic E-state index is 12.4. The Bertz CT molecular complexity index is 2860. The smallest absolute Gasteiger partial charge is 0.149 e. The van der Waals surface area contributed by atoms with Crippen LogP contribution >= 0.6 is 0 Å². The van der Waals surface area contributed by atoms with Crippen molar-refractivity contribution >= 4 is 11.0 Å². The highest BCUT2D eigenvalue weighted by Crippen LogP contribution is 2.45. The predicted octanol–water partition coefficient (Wildman–Crippen LogP) is 15.0. The van der Waals surface area contributed by atoms with E-state index < -0.39 is 0 Å². The van der Waals surface area contributed by atoms with Crippen LogP contribution < -0.4 is 0 Å². The molecule has 0 saturated heterocycles. The topological polar surface area (TPSA) is 50.9 Å². The van der Waals surface area contributed by atoms with E-state index in [-0.39, 0.29) is 27.4 Å². The number of para-hydroxylation sites is 1. The Kier molecular flexibility index (Phi) is 10.4.